The average molecular weight is 345 g/mol. The quantitative estimate of drug-likeness (QED) is 0.748. The number of hydrogen-bond acceptors (Lipinski definition) is 3. The van der Waals surface area contributed by atoms with Gasteiger partial charge in [0.25, 0.3) is 0 Å². The lowest BCUT2D eigenvalue weighted by atomic mass is 9.98. The number of aromatic carboxylic acids is 1. The van der Waals surface area contributed by atoms with Crippen LogP contribution in [0.3, 0.4) is 0 Å². The summed E-state index contributed by atoms with van der Waals surface area (Å²) in [7, 11) is 0. The van der Waals surface area contributed by atoms with Gasteiger partial charge >= 0.3 is 5.97 Å². The van der Waals surface area contributed by atoms with Crippen LogP contribution in [-0.2, 0) is 6.42 Å². The molecule has 0 aliphatic rings. The van der Waals surface area contributed by atoms with Gasteiger partial charge in [0.1, 0.15) is 0 Å². The van der Waals surface area contributed by atoms with Crippen LogP contribution >= 0.6 is 0 Å². The Morgan fingerprint density at radius 1 is 1.15 bits per heavy atom. The molecule has 1 aromatic heterocycles. The van der Waals surface area contributed by atoms with E-state index in [0.717, 1.165) is 11.1 Å². The van der Waals surface area contributed by atoms with Crippen LogP contribution in [0.15, 0.2) is 54.6 Å². The Morgan fingerprint density at radius 3 is 2.35 bits per heavy atom. The molecule has 1 N–H and O–H groups in total. The first-order chi connectivity index (χ1) is 12.5. The fourth-order valence-corrected chi connectivity index (χ4v) is 2.97. The number of carbonyl (C=O) groups is 1. The molecule has 3 rings (SSSR count). The minimum absolute atomic E-state index is 0.0808. The third-order valence-corrected chi connectivity index (χ3v) is 4.21. The van der Waals surface area contributed by atoms with Gasteiger partial charge in [-0.25, -0.2) is 4.79 Å². The lowest BCUT2D eigenvalue weighted by Crippen LogP contribution is -2.13. The highest BCUT2D eigenvalue weighted by Crippen LogP contribution is 2.30. The van der Waals surface area contributed by atoms with E-state index in [1.807, 2.05) is 56.3 Å². The molecule has 0 radical (unpaired) electrons. The molecule has 0 spiro atoms. The van der Waals surface area contributed by atoms with E-state index < -0.39 is 5.97 Å². The molecule has 0 aliphatic heterocycles. The van der Waals surface area contributed by atoms with Gasteiger partial charge in [-0.3, -0.25) is 4.68 Å². The summed E-state index contributed by atoms with van der Waals surface area (Å²) in [5.74, 6) is -0.989. The summed E-state index contributed by atoms with van der Waals surface area (Å²) in [4.78, 5) is 12.0. The number of carboxylic acids is 1. The Bertz CT molecular complexity index is 965. The Hall–Kier alpha value is -3.39. The highest BCUT2D eigenvalue weighted by atomic mass is 16.4. The van der Waals surface area contributed by atoms with Crippen molar-refractivity contribution >= 4 is 5.97 Å². The van der Waals surface area contributed by atoms with Crippen molar-refractivity contribution in [3.05, 3.63) is 77.0 Å². The predicted octanol–water partition coefficient (Wildman–Crippen LogP) is 4.29. The van der Waals surface area contributed by atoms with Crippen LogP contribution < -0.4 is 0 Å². The summed E-state index contributed by atoms with van der Waals surface area (Å²) >= 11 is 0. The molecule has 0 saturated heterocycles. The number of nitrogens with zero attached hydrogens (tertiary/aromatic N) is 3. The molecule has 0 atom stereocenters. The topological polar surface area (TPSA) is 78.9 Å². The Balaban J connectivity index is 2.19. The van der Waals surface area contributed by atoms with Gasteiger partial charge in [0.2, 0.25) is 0 Å². The lowest BCUT2D eigenvalue weighted by Gasteiger charge is -2.09. The molecule has 26 heavy (non-hydrogen) atoms. The van der Waals surface area contributed by atoms with Gasteiger partial charge in [0.15, 0.2) is 5.69 Å². The number of carboxylic acid groups (broad SMARTS) is 1. The predicted molar refractivity (Wildman–Crippen MR) is 99.0 cm³/mol. The molecule has 1 heterocycles. The van der Waals surface area contributed by atoms with Crippen molar-refractivity contribution < 1.29 is 9.90 Å². The van der Waals surface area contributed by atoms with Crippen molar-refractivity contribution in [1.29, 1.82) is 5.26 Å². The zero-order valence-electron chi connectivity index (χ0n) is 14.7. The largest absolute Gasteiger partial charge is 0.477 e. The highest BCUT2D eigenvalue weighted by molar-refractivity contribution is 5.90. The van der Waals surface area contributed by atoms with Gasteiger partial charge in [-0.2, -0.15) is 10.4 Å². The number of nitriles is 1. The molecular formula is C21H19N3O2. The second-order valence-electron chi connectivity index (χ2n) is 6.37. The number of rotatable bonds is 5. The van der Waals surface area contributed by atoms with E-state index in [9.17, 15) is 9.90 Å². The first-order valence-electron chi connectivity index (χ1n) is 8.40. The summed E-state index contributed by atoms with van der Waals surface area (Å²) in [6.07, 6.45) is 0.477. The molecule has 2 aromatic carbocycles. The maximum absolute atomic E-state index is 12.0. The molecule has 0 aliphatic carbocycles. The van der Waals surface area contributed by atoms with E-state index in [-0.39, 0.29) is 11.7 Å². The monoisotopic (exact) mass is 345 g/mol. The molecular weight excluding hydrogens is 326 g/mol. The third kappa shape index (κ3) is 3.35. The van der Waals surface area contributed by atoms with Gasteiger partial charge in [-0.1, -0.05) is 42.5 Å². The maximum atomic E-state index is 12.0. The summed E-state index contributed by atoms with van der Waals surface area (Å²) in [6.45, 7) is 3.82. The van der Waals surface area contributed by atoms with E-state index >= 15 is 0 Å². The maximum Gasteiger partial charge on any atom is 0.354 e. The molecule has 0 unspecified atom stereocenters. The summed E-state index contributed by atoms with van der Waals surface area (Å²) in [5.41, 5.74) is 3.92. The van der Waals surface area contributed by atoms with Crippen molar-refractivity contribution in [2.24, 2.45) is 0 Å². The van der Waals surface area contributed by atoms with Crippen LogP contribution in [0.1, 0.15) is 47.1 Å². The molecule has 0 amide bonds. The van der Waals surface area contributed by atoms with Crippen LogP contribution in [0.25, 0.3) is 11.3 Å². The summed E-state index contributed by atoms with van der Waals surface area (Å²) < 4.78 is 1.56. The van der Waals surface area contributed by atoms with E-state index in [1.54, 1.807) is 16.8 Å². The number of benzene rings is 2. The van der Waals surface area contributed by atoms with Crippen LogP contribution in [0.4, 0.5) is 0 Å². The standard InChI is InChI=1S/C21H19N3O2/c1-14(2)24-20(21(25)26)18(12-15-6-4-3-5-7-15)19(23-24)17-10-8-16(13-22)9-11-17/h3-11,14H,12H2,1-2H3,(H,25,26). The van der Waals surface area contributed by atoms with Gasteiger partial charge in [-0.05, 0) is 31.5 Å². The van der Waals surface area contributed by atoms with Gasteiger partial charge < -0.3 is 5.11 Å². The van der Waals surface area contributed by atoms with Crippen LogP contribution in [0.5, 0.6) is 0 Å². The van der Waals surface area contributed by atoms with Crippen molar-refractivity contribution in [2.45, 2.75) is 26.3 Å². The van der Waals surface area contributed by atoms with Crippen molar-refractivity contribution in [3.63, 3.8) is 0 Å². The second kappa shape index (κ2) is 7.24. The summed E-state index contributed by atoms with van der Waals surface area (Å²) in [6, 6.07) is 18.8. The van der Waals surface area contributed by atoms with E-state index in [0.29, 0.717) is 23.2 Å². The SMILES string of the molecule is CC(C)n1nc(-c2ccc(C#N)cc2)c(Cc2ccccc2)c1C(=O)O. The first-order valence-corrected chi connectivity index (χ1v) is 8.40. The molecule has 3 aromatic rings. The van der Waals surface area contributed by atoms with Crippen molar-refractivity contribution in [2.75, 3.05) is 0 Å². The molecule has 0 saturated carbocycles. The minimum atomic E-state index is -0.989. The Labute approximate surface area is 152 Å². The van der Waals surface area contributed by atoms with Gasteiger partial charge in [-0.15, -0.1) is 0 Å². The fraction of sp³-hybridized carbons (Fsp3) is 0.190. The van der Waals surface area contributed by atoms with Crippen LogP contribution in [0.2, 0.25) is 0 Å². The molecule has 0 fully saturated rings. The molecule has 5 heteroatoms. The van der Waals surface area contributed by atoms with E-state index in [2.05, 4.69) is 11.2 Å². The van der Waals surface area contributed by atoms with Crippen LogP contribution in [0, 0.1) is 11.3 Å². The molecule has 130 valence electrons. The minimum Gasteiger partial charge on any atom is -0.477 e. The van der Waals surface area contributed by atoms with Crippen molar-refractivity contribution in [1.82, 2.24) is 9.78 Å². The number of hydrogen-bond donors (Lipinski definition) is 1. The molecule has 5 nitrogen and oxygen atoms in total. The lowest BCUT2D eigenvalue weighted by molar-refractivity contribution is 0.0680. The highest BCUT2D eigenvalue weighted by Gasteiger charge is 2.25. The number of aromatic nitrogens is 2. The summed E-state index contributed by atoms with van der Waals surface area (Å²) in [5, 5.41) is 23.4. The normalized spacial score (nSPS) is 10.7. The molecule has 0 bridgehead atoms. The Kier molecular flexibility index (Phi) is 4.85. The van der Waals surface area contributed by atoms with E-state index in [1.165, 1.54) is 0 Å². The average Bonchev–Trinajstić information content (AvgIpc) is 3.02. The zero-order valence-corrected chi connectivity index (χ0v) is 14.7. The van der Waals surface area contributed by atoms with E-state index in [4.69, 9.17) is 5.26 Å². The van der Waals surface area contributed by atoms with Gasteiger partial charge in [0.05, 0.1) is 17.3 Å². The Morgan fingerprint density at radius 2 is 1.81 bits per heavy atom. The zero-order chi connectivity index (χ0) is 18.7. The van der Waals surface area contributed by atoms with Crippen LogP contribution in [-0.4, -0.2) is 20.9 Å². The van der Waals surface area contributed by atoms with Gasteiger partial charge in [0, 0.05) is 23.6 Å². The van der Waals surface area contributed by atoms with Crippen molar-refractivity contribution in [3.8, 4) is 17.3 Å². The first kappa shape index (κ1) is 17.4. The smallest absolute Gasteiger partial charge is 0.354 e. The fourth-order valence-electron chi connectivity index (χ4n) is 2.97. The second-order valence-corrected chi connectivity index (χ2v) is 6.37. The third-order valence-electron chi connectivity index (χ3n) is 4.21.